The highest BCUT2D eigenvalue weighted by molar-refractivity contribution is 6.29. The maximum atomic E-state index is 5.88. The van der Waals surface area contributed by atoms with E-state index in [-0.39, 0.29) is 0 Å². The summed E-state index contributed by atoms with van der Waals surface area (Å²) >= 11 is 5.88. The van der Waals surface area contributed by atoms with Crippen LogP contribution in [0.1, 0.15) is 5.69 Å². The van der Waals surface area contributed by atoms with E-state index in [9.17, 15) is 0 Å². The summed E-state index contributed by atoms with van der Waals surface area (Å²) in [5, 5.41) is 0.472. The molecule has 3 aromatic rings. The van der Waals surface area contributed by atoms with E-state index in [0.29, 0.717) is 11.7 Å². The molecule has 4 nitrogen and oxygen atoms in total. The van der Waals surface area contributed by atoms with Crippen molar-refractivity contribution in [2.45, 2.75) is 6.54 Å². The number of halogens is 1. The average Bonchev–Trinajstić information content (AvgIpc) is 2.73. The molecule has 0 aliphatic carbocycles. The largest absolute Gasteiger partial charge is 0.309 e. The smallest absolute Gasteiger partial charge is 0.161 e. The summed E-state index contributed by atoms with van der Waals surface area (Å²) in [7, 11) is 0. The van der Waals surface area contributed by atoms with Crippen LogP contribution in [0.4, 0.5) is 0 Å². The SMILES string of the molecule is Clc1ccc2ncn(Cc3ccccn3)c2n1. The first-order valence-electron chi connectivity index (χ1n) is 5.20. The molecular formula is C12H9ClN4. The van der Waals surface area contributed by atoms with E-state index in [0.717, 1.165) is 16.9 Å². The Morgan fingerprint density at radius 2 is 2.06 bits per heavy atom. The molecule has 0 bridgehead atoms. The van der Waals surface area contributed by atoms with Gasteiger partial charge in [0.2, 0.25) is 0 Å². The Kier molecular flexibility index (Phi) is 2.49. The molecule has 0 aliphatic heterocycles. The first-order valence-corrected chi connectivity index (χ1v) is 5.58. The van der Waals surface area contributed by atoms with Gasteiger partial charge in [-0.15, -0.1) is 0 Å². The molecule has 0 fully saturated rings. The van der Waals surface area contributed by atoms with Gasteiger partial charge in [0.1, 0.15) is 10.7 Å². The third kappa shape index (κ3) is 1.99. The van der Waals surface area contributed by atoms with Crippen molar-refractivity contribution in [2.75, 3.05) is 0 Å². The standard InChI is InChI=1S/C12H9ClN4/c13-11-5-4-10-12(16-11)17(8-15-10)7-9-3-1-2-6-14-9/h1-6,8H,7H2. The summed E-state index contributed by atoms with van der Waals surface area (Å²) < 4.78 is 1.93. The predicted molar refractivity (Wildman–Crippen MR) is 65.9 cm³/mol. The van der Waals surface area contributed by atoms with E-state index in [1.165, 1.54) is 0 Å². The molecule has 0 amide bonds. The van der Waals surface area contributed by atoms with Crippen LogP contribution in [0.15, 0.2) is 42.9 Å². The lowest BCUT2D eigenvalue weighted by molar-refractivity contribution is 0.789. The molecule has 0 N–H and O–H groups in total. The van der Waals surface area contributed by atoms with Crippen LogP contribution in [0.25, 0.3) is 11.2 Å². The molecule has 3 heterocycles. The number of nitrogens with zero attached hydrogens (tertiary/aromatic N) is 4. The molecule has 0 spiro atoms. The fourth-order valence-electron chi connectivity index (χ4n) is 1.70. The van der Waals surface area contributed by atoms with Gasteiger partial charge < -0.3 is 4.57 Å². The molecule has 3 rings (SSSR count). The maximum Gasteiger partial charge on any atom is 0.161 e. The van der Waals surface area contributed by atoms with Crippen LogP contribution < -0.4 is 0 Å². The minimum atomic E-state index is 0.472. The maximum absolute atomic E-state index is 5.88. The van der Waals surface area contributed by atoms with Crippen molar-refractivity contribution in [2.24, 2.45) is 0 Å². The Labute approximate surface area is 103 Å². The highest BCUT2D eigenvalue weighted by Crippen LogP contribution is 2.14. The van der Waals surface area contributed by atoms with E-state index < -0.39 is 0 Å². The molecule has 0 saturated heterocycles. The number of aromatic nitrogens is 4. The molecule has 17 heavy (non-hydrogen) atoms. The second-order valence-electron chi connectivity index (χ2n) is 3.67. The number of hydrogen-bond acceptors (Lipinski definition) is 3. The summed E-state index contributed by atoms with van der Waals surface area (Å²) in [6, 6.07) is 9.42. The zero-order chi connectivity index (χ0) is 11.7. The molecular weight excluding hydrogens is 236 g/mol. The zero-order valence-electron chi connectivity index (χ0n) is 8.92. The predicted octanol–water partition coefficient (Wildman–Crippen LogP) is 2.53. The number of pyridine rings is 2. The fourth-order valence-corrected chi connectivity index (χ4v) is 1.84. The van der Waals surface area contributed by atoms with Crippen molar-refractivity contribution in [3.05, 3.63) is 53.7 Å². The lowest BCUT2D eigenvalue weighted by Gasteiger charge is -2.02. The van der Waals surface area contributed by atoms with Crippen molar-refractivity contribution in [3.8, 4) is 0 Å². The summed E-state index contributed by atoms with van der Waals surface area (Å²) in [6.45, 7) is 0.644. The van der Waals surface area contributed by atoms with E-state index in [1.807, 2.05) is 28.8 Å². The van der Waals surface area contributed by atoms with E-state index in [1.54, 1.807) is 18.6 Å². The van der Waals surface area contributed by atoms with Gasteiger partial charge in [-0.3, -0.25) is 4.98 Å². The molecule has 0 saturated carbocycles. The van der Waals surface area contributed by atoms with E-state index >= 15 is 0 Å². The molecule has 0 atom stereocenters. The van der Waals surface area contributed by atoms with Gasteiger partial charge in [0.05, 0.1) is 18.6 Å². The summed E-state index contributed by atoms with van der Waals surface area (Å²) in [5.41, 5.74) is 2.59. The Bertz CT molecular complexity index is 648. The molecule has 0 aromatic carbocycles. The second kappa shape index (κ2) is 4.14. The monoisotopic (exact) mass is 244 g/mol. The third-order valence-electron chi connectivity index (χ3n) is 2.49. The van der Waals surface area contributed by atoms with Gasteiger partial charge in [-0.05, 0) is 24.3 Å². The first-order chi connectivity index (χ1) is 8.33. The van der Waals surface area contributed by atoms with Crippen LogP contribution in [0.2, 0.25) is 5.15 Å². The number of fused-ring (bicyclic) bond motifs is 1. The summed E-state index contributed by atoms with van der Waals surface area (Å²) in [6.07, 6.45) is 3.53. The second-order valence-corrected chi connectivity index (χ2v) is 4.06. The van der Waals surface area contributed by atoms with Gasteiger partial charge in [-0.2, -0.15) is 0 Å². The lowest BCUT2D eigenvalue weighted by atomic mass is 10.3. The third-order valence-corrected chi connectivity index (χ3v) is 2.70. The summed E-state index contributed by atoms with van der Waals surface area (Å²) in [4.78, 5) is 12.8. The molecule has 0 unspecified atom stereocenters. The van der Waals surface area contributed by atoms with Crippen molar-refractivity contribution < 1.29 is 0 Å². The quantitative estimate of drug-likeness (QED) is 0.651. The van der Waals surface area contributed by atoms with E-state index in [2.05, 4.69) is 15.0 Å². The molecule has 84 valence electrons. The van der Waals surface area contributed by atoms with Gasteiger partial charge in [0, 0.05) is 6.20 Å². The zero-order valence-corrected chi connectivity index (χ0v) is 9.67. The van der Waals surface area contributed by atoms with Crippen molar-refractivity contribution >= 4 is 22.8 Å². The van der Waals surface area contributed by atoms with Gasteiger partial charge in [-0.25, -0.2) is 9.97 Å². The molecule has 0 aliphatic rings. The van der Waals surface area contributed by atoms with Crippen LogP contribution in [-0.2, 0) is 6.54 Å². The van der Waals surface area contributed by atoms with Gasteiger partial charge >= 0.3 is 0 Å². The Balaban J connectivity index is 2.03. The Morgan fingerprint density at radius 3 is 2.88 bits per heavy atom. The van der Waals surface area contributed by atoms with Crippen LogP contribution in [0, 0.1) is 0 Å². The number of imidazole rings is 1. The molecule has 3 aromatic heterocycles. The van der Waals surface area contributed by atoms with Crippen molar-refractivity contribution in [1.82, 2.24) is 19.5 Å². The fraction of sp³-hybridized carbons (Fsp3) is 0.0833. The normalized spacial score (nSPS) is 10.9. The highest BCUT2D eigenvalue weighted by atomic mass is 35.5. The van der Waals surface area contributed by atoms with Crippen molar-refractivity contribution in [1.29, 1.82) is 0 Å². The van der Waals surface area contributed by atoms with E-state index in [4.69, 9.17) is 11.6 Å². The minimum Gasteiger partial charge on any atom is -0.309 e. The Hall–Kier alpha value is -1.94. The van der Waals surface area contributed by atoms with Gasteiger partial charge in [0.25, 0.3) is 0 Å². The number of hydrogen-bond donors (Lipinski definition) is 0. The number of rotatable bonds is 2. The lowest BCUT2D eigenvalue weighted by Crippen LogP contribution is -2.00. The Morgan fingerprint density at radius 1 is 1.12 bits per heavy atom. The minimum absolute atomic E-state index is 0.472. The highest BCUT2D eigenvalue weighted by Gasteiger charge is 2.05. The van der Waals surface area contributed by atoms with Crippen molar-refractivity contribution in [3.63, 3.8) is 0 Å². The van der Waals surface area contributed by atoms with Crippen LogP contribution in [0.5, 0.6) is 0 Å². The van der Waals surface area contributed by atoms with Gasteiger partial charge in [0.15, 0.2) is 5.65 Å². The first kappa shape index (κ1) is 10.2. The summed E-state index contributed by atoms with van der Waals surface area (Å²) in [5.74, 6) is 0. The molecule has 5 heteroatoms. The molecule has 0 radical (unpaired) electrons. The van der Waals surface area contributed by atoms with Gasteiger partial charge in [-0.1, -0.05) is 17.7 Å². The van der Waals surface area contributed by atoms with Crippen LogP contribution in [-0.4, -0.2) is 19.5 Å². The average molecular weight is 245 g/mol. The topological polar surface area (TPSA) is 43.6 Å². The van der Waals surface area contributed by atoms with Crippen LogP contribution in [0.3, 0.4) is 0 Å². The van der Waals surface area contributed by atoms with Crippen LogP contribution >= 0.6 is 11.6 Å².